The molecule has 0 heterocycles. The summed E-state index contributed by atoms with van der Waals surface area (Å²) in [6.07, 6.45) is 10.3. The minimum Gasteiger partial charge on any atom is -0.399 e. The van der Waals surface area contributed by atoms with E-state index < -0.39 is 0 Å². The van der Waals surface area contributed by atoms with Gasteiger partial charge in [-0.15, -0.1) is 0 Å². The van der Waals surface area contributed by atoms with Gasteiger partial charge in [-0.3, -0.25) is 0 Å². The Labute approximate surface area is 100 Å². The van der Waals surface area contributed by atoms with Crippen LogP contribution < -0.4 is 5.73 Å². The van der Waals surface area contributed by atoms with E-state index >= 15 is 0 Å². The van der Waals surface area contributed by atoms with Gasteiger partial charge in [-0.2, -0.15) is 0 Å². The summed E-state index contributed by atoms with van der Waals surface area (Å²) in [6, 6.07) is 0. The van der Waals surface area contributed by atoms with Gasteiger partial charge in [0.1, 0.15) is 0 Å². The average Bonchev–Trinajstić information content (AvgIpc) is 2.21. The number of hydrogen-bond donors (Lipinski definition) is 1. The Hall–Kier alpha value is -1.24. The molecule has 0 aromatic carbocycles. The summed E-state index contributed by atoms with van der Waals surface area (Å²) in [7, 11) is 0. The number of hydrogen-bond acceptors (Lipinski definition) is 1. The third-order valence-electron chi connectivity index (χ3n) is 2.09. The van der Waals surface area contributed by atoms with Crippen LogP contribution in [-0.2, 0) is 0 Å². The van der Waals surface area contributed by atoms with Crippen molar-refractivity contribution in [2.45, 2.75) is 34.6 Å². The van der Waals surface area contributed by atoms with Gasteiger partial charge in [-0.1, -0.05) is 65.5 Å². The molecular formula is C15H25N. The first-order valence-corrected chi connectivity index (χ1v) is 5.92. The van der Waals surface area contributed by atoms with E-state index in [1.807, 2.05) is 32.1 Å². The van der Waals surface area contributed by atoms with Gasteiger partial charge < -0.3 is 5.73 Å². The quantitative estimate of drug-likeness (QED) is 0.657. The summed E-state index contributed by atoms with van der Waals surface area (Å²) in [4.78, 5) is 0. The SMILES string of the molecule is C=C1C=CC(N)=CC1/C=C\C(C)(C)C.CC. The van der Waals surface area contributed by atoms with Crippen molar-refractivity contribution in [3.05, 3.63) is 48.2 Å². The second-order valence-electron chi connectivity index (χ2n) is 4.83. The maximum absolute atomic E-state index is 5.73. The molecule has 1 aliphatic carbocycles. The van der Waals surface area contributed by atoms with Crippen LogP contribution in [0.1, 0.15) is 34.6 Å². The zero-order valence-corrected chi connectivity index (χ0v) is 11.2. The van der Waals surface area contributed by atoms with Crippen LogP contribution in [0.15, 0.2) is 48.2 Å². The van der Waals surface area contributed by atoms with Gasteiger partial charge in [0, 0.05) is 11.6 Å². The largest absolute Gasteiger partial charge is 0.399 e. The Kier molecular flexibility index (Phi) is 5.87. The van der Waals surface area contributed by atoms with Gasteiger partial charge in [0.2, 0.25) is 0 Å². The number of nitrogens with two attached hydrogens (primary N) is 1. The summed E-state index contributed by atoms with van der Waals surface area (Å²) in [5.74, 6) is 0.263. The highest BCUT2D eigenvalue weighted by molar-refractivity contribution is 5.38. The fourth-order valence-corrected chi connectivity index (χ4v) is 1.26. The van der Waals surface area contributed by atoms with Gasteiger partial charge in [-0.25, -0.2) is 0 Å². The maximum atomic E-state index is 5.73. The molecule has 1 heteroatoms. The minimum absolute atomic E-state index is 0.212. The van der Waals surface area contributed by atoms with Crippen molar-refractivity contribution in [2.75, 3.05) is 0 Å². The molecule has 1 unspecified atom stereocenters. The molecular weight excluding hydrogens is 194 g/mol. The van der Waals surface area contributed by atoms with Crippen molar-refractivity contribution < 1.29 is 0 Å². The van der Waals surface area contributed by atoms with Crippen molar-refractivity contribution in [3.8, 4) is 0 Å². The van der Waals surface area contributed by atoms with Gasteiger partial charge in [-0.05, 0) is 17.1 Å². The lowest BCUT2D eigenvalue weighted by molar-refractivity contribution is 0.541. The third-order valence-corrected chi connectivity index (χ3v) is 2.09. The van der Waals surface area contributed by atoms with Gasteiger partial charge >= 0.3 is 0 Å². The van der Waals surface area contributed by atoms with E-state index in [9.17, 15) is 0 Å². The van der Waals surface area contributed by atoms with Crippen molar-refractivity contribution in [1.29, 1.82) is 0 Å². The first-order valence-electron chi connectivity index (χ1n) is 5.92. The molecule has 0 aromatic rings. The van der Waals surface area contributed by atoms with E-state index in [4.69, 9.17) is 5.73 Å². The third kappa shape index (κ3) is 5.59. The summed E-state index contributed by atoms with van der Waals surface area (Å²) >= 11 is 0. The lowest BCUT2D eigenvalue weighted by atomic mass is 9.89. The summed E-state index contributed by atoms with van der Waals surface area (Å²) in [5.41, 5.74) is 7.86. The molecule has 1 aliphatic rings. The first-order chi connectivity index (χ1) is 7.38. The molecule has 0 saturated carbocycles. The normalized spacial score (nSPS) is 20.4. The predicted octanol–water partition coefficient (Wildman–Crippen LogP) is 4.20. The van der Waals surface area contributed by atoms with E-state index in [1.165, 1.54) is 0 Å². The van der Waals surface area contributed by atoms with Crippen LogP contribution in [0, 0.1) is 11.3 Å². The molecule has 0 aromatic heterocycles. The zero-order valence-electron chi connectivity index (χ0n) is 11.2. The van der Waals surface area contributed by atoms with Crippen LogP contribution in [0.3, 0.4) is 0 Å². The van der Waals surface area contributed by atoms with E-state index in [0.717, 1.165) is 11.3 Å². The molecule has 2 N–H and O–H groups in total. The van der Waals surface area contributed by atoms with Gasteiger partial charge in [0.15, 0.2) is 0 Å². The highest BCUT2D eigenvalue weighted by Gasteiger charge is 2.10. The topological polar surface area (TPSA) is 26.0 Å². The first kappa shape index (κ1) is 14.8. The number of rotatable bonds is 1. The second-order valence-corrected chi connectivity index (χ2v) is 4.83. The van der Waals surface area contributed by atoms with Crippen molar-refractivity contribution in [1.82, 2.24) is 0 Å². The Bertz CT molecular complexity index is 311. The van der Waals surface area contributed by atoms with Crippen LogP contribution in [0.25, 0.3) is 0 Å². The summed E-state index contributed by atoms with van der Waals surface area (Å²) < 4.78 is 0. The van der Waals surface area contributed by atoms with E-state index in [-0.39, 0.29) is 11.3 Å². The zero-order chi connectivity index (χ0) is 12.8. The molecule has 1 rings (SSSR count). The Balaban J connectivity index is 0.00000106. The smallest absolute Gasteiger partial charge is 0.0282 e. The molecule has 0 spiro atoms. The fourth-order valence-electron chi connectivity index (χ4n) is 1.26. The maximum Gasteiger partial charge on any atom is 0.0282 e. The number of allylic oxidation sites excluding steroid dienone is 6. The predicted molar refractivity (Wildman–Crippen MR) is 74.0 cm³/mol. The molecule has 0 bridgehead atoms. The highest BCUT2D eigenvalue weighted by Crippen LogP contribution is 2.23. The van der Waals surface area contributed by atoms with Crippen molar-refractivity contribution in [3.63, 3.8) is 0 Å². The van der Waals surface area contributed by atoms with Crippen LogP contribution in [0.2, 0.25) is 0 Å². The van der Waals surface area contributed by atoms with Crippen LogP contribution >= 0.6 is 0 Å². The molecule has 1 atom stereocenters. The molecule has 16 heavy (non-hydrogen) atoms. The second kappa shape index (κ2) is 6.37. The lowest BCUT2D eigenvalue weighted by Gasteiger charge is -2.17. The molecule has 0 aliphatic heterocycles. The van der Waals surface area contributed by atoms with E-state index in [2.05, 4.69) is 39.5 Å². The Morgan fingerprint density at radius 2 is 1.81 bits per heavy atom. The van der Waals surface area contributed by atoms with Gasteiger partial charge in [0.25, 0.3) is 0 Å². The standard InChI is InChI=1S/C13H19N.C2H6/c1-10-5-6-12(14)9-11(10)7-8-13(2,3)4;1-2/h5-9,11H,1,14H2,2-4H3;1-2H3/b8-7-;. The summed E-state index contributed by atoms with van der Waals surface area (Å²) in [5, 5.41) is 0. The van der Waals surface area contributed by atoms with Crippen molar-refractivity contribution in [2.24, 2.45) is 17.1 Å². The highest BCUT2D eigenvalue weighted by atomic mass is 14.6. The van der Waals surface area contributed by atoms with Crippen LogP contribution in [-0.4, -0.2) is 0 Å². The minimum atomic E-state index is 0.212. The fraction of sp³-hybridized carbons (Fsp3) is 0.467. The van der Waals surface area contributed by atoms with Crippen molar-refractivity contribution >= 4 is 0 Å². The van der Waals surface area contributed by atoms with Gasteiger partial charge in [0.05, 0.1) is 0 Å². The summed E-state index contributed by atoms with van der Waals surface area (Å²) in [6.45, 7) is 14.5. The average molecular weight is 219 g/mol. The van der Waals surface area contributed by atoms with E-state index in [1.54, 1.807) is 0 Å². The molecule has 0 saturated heterocycles. The lowest BCUT2D eigenvalue weighted by Crippen LogP contribution is -2.07. The molecule has 0 fully saturated rings. The Morgan fingerprint density at radius 1 is 1.25 bits per heavy atom. The van der Waals surface area contributed by atoms with Crippen LogP contribution in [0.5, 0.6) is 0 Å². The monoisotopic (exact) mass is 219 g/mol. The molecule has 90 valence electrons. The van der Waals surface area contributed by atoms with E-state index in [0.29, 0.717) is 0 Å². The molecule has 1 nitrogen and oxygen atoms in total. The molecule has 0 amide bonds. The molecule has 0 radical (unpaired) electrons. The Morgan fingerprint density at radius 3 is 2.31 bits per heavy atom. The van der Waals surface area contributed by atoms with Crippen LogP contribution in [0.4, 0.5) is 0 Å².